The number of para-hydroxylation sites is 1. The molecule has 6 nitrogen and oxygen atoms in total. The first-order chi connectivity index (χ1) is 16.7. The van der Waals surface area contributed by atoms with Crippen molar-refractivity contribution in [2.45, 2.75) is 51.6 Å². The largest absolute Gasteiger partial charge is 0.493 e. The highest BCUT2D eigenvalue weighted by Gasteiger charge is 2.46. The SMILES string of the molecule is COc1cccc([C@@H]2C3=C(C[C@@H](c4ccc(Cl)cc4)CC3=O)N=C(C)C2C(=O)OC(C)C)c1OC. The smallest absolute Gasteiger partial charge is 0.315 e. The molecule has 0 N–H and O–H groups in total. The Morgan fingerprint density at radius 2 is 1.77 bits per heavy atom. The van der Waals surface area contributed by atoms with E-state index in [9.17, 15) is 9.59 Å². The Kier molecular flexibility index (Phi) is 7.31. The van der Waals surface area contributed by atoms with Crippen molar-refractivity contribution in [1.82, 2.24) is 0 Å². The third kappa shape index (κ3) is 4.85. The van der Waals surface area contributed by atoms with E-state index in [-0.39, 0.29) is 17.8 Å². The standard InChI is InChI=1S/C28H30ClNO5/c1-15(2)35-28(32)24-16(3)30-21-13-18(17-9-11-19(29)12-10-17)14-22(31)26(21)25(24)20-7-6-8-23(33-4)27(20)34-5/h6-12,15,18,24-25H,13-14H2,1-5H3/t18-,24?,25+/m1/s1. The molecule has 0 bridgehead atoms. The quantitative estimate of drug-likeness (QED) is 0.467. The van der Waals surface area contributed by atoms with Crippen LogP contribution < -0.4 is 9.47 Å². The van der Waals surface area contributed by atoms with Crippen molar-refractivity contribution in [3.63, 3.8) is 0 Å². The summed E-state index contributed by atoms with van der Waals surface area (Å²) >= 11 is 6.07. The van der Waals surface area contributed by atoms with Gasteiger partial charge < -0.3 is 14.2 Å². The summed E-state index contributed by atoms with van der Waals surface area (Å²) < 4.78 is 16.9. The molecule has 1 aliphatic carbocycles. The van der Waals surface area contributed by atoms with Gasteiger partial charge in [-0.1, -0.05) is 35.9 Å². The van der Waals surface area contributed by atoms with Gasteiger partial charge in [0.25, 0.3) is 0 Å². The molecule has 3 atom stereocenters. The van der Waals surface area contributed by atoms with Crippen LogP contribution in [-0.4, -0.2) is 37.8 Å². The monoisotopic (exact) mass is 495 g/mol. The second-order valence-corrected chi connectivity index (χ2v) is 9.65. The molecule has 7 heteroatoms. The summed E-state index contributed by atoms with van der Waals surface area (Å²) in [6, 6.07) is 13.1. The van der Waals surface area contributed by atoms with Crippen molar-refractivity contribution in [3.8, 4) is 11.5 Å². The minimum absolute atomic E-state index is 0.0120. The molecule has 0 amide bonds. The number of benzene rings is 2. The van der Waals surface area contributed by atoms with Crippen molar-refractivity contribution in [2.75, 3.05) is 14.2 Å². The van der Waals surface area contributed by atoms with Crippen LogP contribution in [0.5, 0.6) is 11.5 Å². The molecule has 2 aliphatic rings. The number of ketones is 1. The molecule has 2 aromatic carbocycles. The lowest BCUT2D eigenvalue weighted by atomic mass is 9.69. The van der Waals surface area contributed by atoms with Crippen LogP contribution in [0.4, 0.5) is 0 Å². The number of allylic oxidation sites excluding steroid dienone is 2. The van der Waals surface area contributed by atoms with Gasteiger partial charge in [-0.15, -0.1) is 0 Å². The van der Waals surface area contributed by atoms with Crippen LogP contribution in [0.3, 0.4) is 0 Å². The average molecular weight is 496 g/mol. The van der Waals surface area contributed by atoms with Gasteiger partial charge >= 0.3 is 5.97 Å². The molecular formula is C28H30ClNO5. The Morgan fingerprint density at radius 1 is 1.06 bits per heavy atom. The molecule has 1 unspecified atom stereocenters. The van der Waals surface area contributed by atoms with Crippen LogP contribution in [0.1, 0.15) is 56.6 Å². The zero-order valence-electron chi connectivity index (χ0n) is 20.6. The molecule has 184 valence electrons. The lowest BCUT2D eigenvalue weighted by molar-refractivity contribution is -0.150. The van der Waals surface area contributed by atoms with Gasteiger partial charge in [0.2, 0.25) is 0 Å². The molecule has 0 aromatic heterocycles. The Bertz CT molecular complexity index is 1200. The number of hydrogen-bond donors (Lipinski definition) is 0. The van der Waals surface area contributed by atoms with Gasteiger partial charge in [0.05, 0.1) is 20.3 Å². The second kappa shape index (κ2) is 10.2. The van der Waals surface area contributed by atoms with Crippen molar-refractivity contribution in [1.29, 1.82) is 0 Å². The summed E-state index contributed by atoms with van der Waals surface area (Å²) in [6.45, 7) is 5.44. The van der Waals surface area contributed by atoms with Crippen LogP contribution in [-0.2, 0) is 14.3 Å². The van der Waals surface area contributed by atoms with Crippen molar-refractivity contribution >= 4 is 29.1 Å². The van der Waals surface area contributed by atoms with E-state index in [0.717, 1.165) is 5.56 Å². The van der Waals surface area contributed by atoms with Gasteiger partial charge in [-0.25, -0.2) is 0 Å². The maximum Gasteiger partial charge on any atom is 0.315 e. The van der Waals surface area contributed by atoms with Gasteiger partial charge in [-0.05, 0) is 56.9 Å². The van der Waals surface area contributed by atoms with E-state index in [0.29, 0.717) is 51.9 Å². The van der Waals surface area contributed by atoms with Crippen molar-refractivity contribution in [3.05, 3.63) is 69.9 Å². The molecule has 1 heterocycles. The number of carbonyl (C=O) groups is 2. The number of carbonyl (C=O) groups excluding carboxylic acids is 2. The predicted molar refractivity (Wildman–Crippen MR) is 136 cm³/mol. The molecule has 4 rings (SSSR count). The van der Waals surface area contributed by atoms with Gasteiger partial charge in [-0.2, -0.15) is 0 Å². The highest BCUT2D eigenvalue weighted by molar-refractivity contribution is 6.30. The van der Waals surface area contributed by atoms with E-state index in [1.807, 2.05) is 57.2 Å². The van der Waals surface area contributed by atoms with Gasteiger partial charge in [0, 0.05) is 39.9 Å². The minimum Gasteiger partial charge on any atom is -0.493 e. The third-order valence-electron chi connectivity index (χ3n) is 6.60. The number of ether oxygens (including phenoxy) is 3. The molecule has 0 spiro atoms. The molecule has 0 radical (unpaired) electrons. The normalized spacial score (nSPS) is 22.0. The van der Waals surface area contributed by atoms with Gasteiger partial charge in [0.1, 0.15) is 5.92 Å². The van der Waals surface area contributed by atoms with Crippen LogP contribution in [0.15, 0.2) is 58.7 Å². The number of Topliss-reactive ketones (excluding diaryl/α,β-unsaturated/α-hetero) is 1. The average Bonchev–Trinajstić information content (AvgIpc) is 2.82. The number of rotatable bonds is 6. The third-order valence-corrected chi connectivity index (χ3v) is 6.86. The van der Waals surface area contributed by atoms with E-state index < -0.39 is 17.8 Å². The summed E-state index contributed by atoms with van der Waals surface area (Å²) in [5, 5.41) is 0.652. The van der Waals surface area contributed by atoms with Crippen molar-refractivity contribution < 1.29 is 23.8 Å². The lowest BCUT2D eigenvalue weighted by Gasteiger charge is -2.37. The van der Waals surface area contributed by atoms with E-state index in [4.69, 9.17) is 30.8 Å². The summed E-state index contributed by atoms with van der Waals surface area (Å²) in [7, 11) is 3.12. The summed E-state index contributed by atoms with van der Waals surface area (Å²) in [6.07, 6.45) is 0.619. The van der Waals surface area contributed by atoms with Gasteiger partial charge in [0.15, 0.2) is 17.3 Å². The van der Waals surface area contributed by atoms with E-state index >= 15 is 0 Å². The first-order valence-electron chi connectivity index (χ1n) is 11.7. The molecule has 0 saturated heterocycles. The predicted octanol–water partition coefficient (Wildman–Crippen LogP) is 5.88. The Balaban J connectivity index is 1.86. The summed E-state index contributed by atoms with van der Waals surface area (Å²) in [4.78, 5) is 31.9. The number of halogens is 1. The molecule has 0 fully saturated rings. The van der Waals surface area contributed by atoms with E-state index in [2.05, 4.69) is 0 Å². The fourth-order valence-electron chi connectivity index (χ4n) is 5.13. The van der Waals surface area contributed by atoms with Crippen LogP contribution in [0.25, 0.3) is 0 Å². The Labute approximate surface area is 210 Å². The maximum absolute atomic E-state index is 13.7. The molecule has 35 heavy (non-hydrogen) atoms. The molecule has 0 saturated carbocycles. The van der Waals surface area contributed by atoms with Crippen LogP contribution >= 0.6 is 11.6 Å². The Morgan fingerprint density at radius 3 is 2.40 bits per heavy atom. The highest BCUT2D eigenvalue weighted by Crippen LogP contribution is 2.50. The maximum atomic E-state index is 13.7. The molecular weight excluding hydrogens is 466 g/mol. The van der Waals surface area contributed by atoms with Crippen LogP contribution in [0.2, 0.25) is 5.02 Å². The van der Waals surface area contributed by atoms with E-state index in [1.165, 1.54) is 0 Å². The lowest BCUT2D eigenvalue weighted by Crippen LogP contribution is -2.39. The summed E-state index contributed by atoms with van der Waals surface area (Å²) in [5.41, 5.74) is 3.63. The minimum atomic E-state index is -0.742. The Hall–Kier alpha value is -3.12. The number of esters is 1. The second-order valence-electron chi connectivity index (χ2n) is 9.22. The van der Waals surface area contributed by atoms with E-state index in [1.54, 1.807) is 20.3 Å². The molecule has 2 aromatic rings. The summed E-state index contributed by atoms with van der Waals surface area (Å²) in [5.74, 6) is -0.746. The highest BCUT2D eigenvalue weighted by atomic mass is 35.5. The first-order valence-corrected chi connectivity index (χ1v) is 12.1. The number of nitrogens with zero attached hydrogens (tertiary/aromatic N) is 1. The number of hydrogen-bond acceptors (Lipinski definition) is 6. The zero-order chi connectivity index (χ0) is 25.3. The zero-order valence-corrected chi connectivity index (χ0v) is 21.4. The fourth-order valence-corrected chi connectivity index (χ4v) is 5.26. The fraction of sp³-hybridized carbons (Fsp3) is 0.393. The van der Waals surface area contributed by atoms with Crippen LogP contribution in [0, 0.1) is 5.92 Å². The topological polar surface area (TPSA) is 74.2 Å². The first kappa shape index (κ1) is 25.0. The number of methoxy groups -OCH3 is 2. The van der Waals surface area contributed by atoms with Gasteiger partial charge in [-0.3, -0.25) is 14.6 Å². The van der Waals surface area contributed by atoms with Crippen molar-refractivity contribution in [2.24, 2.45) is 10.9 Å². The molecule has 1 aliphatic heterocycles. The number of aliphatic imine (C=N–C) groups is 1.